The summed E-state index contributed by atoms with van der Waals surface area (Å²) in [5.41, 5.74) is 0. The van der Waals surface area contributed by atoms with Crippen LogP contribution in [0.3, 0.4) is 0 Å². The van der Waals surface area contributed by atoms with Crippen LogP contribution in [-0.2, 0) is 4.79 Å². The summed E-state index contributed by atoms with van der Waals surface area (Å²) in [4.78, 5) is 24.3. The Labute approximate surface area is 146 Å². The van der Waals surface area contributed by atoms with E-state index in [-0.39, 0.29) is 37.7 Å². The molecule has 0 aromatic rings. The van der Waals surface area contributed by atoms with E-state index in [1.54, 1.807) is 0 Å². The third-order valence-corrected chi connectivity index (χ3v) is 2.84. The van der Waals surface area contributed by atoms with Crippen molar-refractivity contribution in [2.75, 3.05) is 14.1 Å². The number of nitrogens with zero attached hydrogens (tertiary/aromatic N) is 2. The number of likely N-dealkylation sites (N-methyl/N-ethyl adjacent to an activating group) is 2. The number of amides is 3. The molecular formula is C5H6BrCaCl3N2O4. The minimum Gasteiger partial charge on any atom is -0.769 e. The molecule has 0 aromatic heterocycles. The van der Waals surface area contributed by atoms with Crippen LogP contribution in [0, 0.1) is 0 Å². The molecule has 0 spiro atoms. The van der Waals surface area contributed by atoms with Crippen molar-refractivity contribution >= 4 is 101 Å². The van der Waals surface area contributed by atoms with Crippen LogP contribution in [0.4, 0.5) is 4.79 Å². The molecule has 1 aliphatic heterocycles. The van der Waals surface area contributed by atoms with Crippen molar-refractivity contribution in [1.82, 2.24) is 9.80 Å². The van der Waals surface area contributed by atoms with Gasteiger partial charge in [0.2, 0.25) is 0 Å². The number of hydrogen-bond acceptors (Lipinski definition) is 4. The Morgan fingerprint density at radius 2 is 1.50 bits per heavy atom. The zero-order valence-electron chi connectivity index (χ0n) is 8.25. The van der Waals surface area contributed by atoms with E-state index >= 15 is 0 Å². The van der Waals surface area contributed by atoms with Crippen LogP contribution in [0.25, 0.3) is 0 Å². The quantitative estimate of drug-likeness (QED) is 0.242. The van der Waals surface area contributed by atoms with Crippen LogP contribution in [0.5, 0.6) is 0 Å². The Morgan fingerprint density at radius 1 is 1.19 bits per heavy atom. The molecule has 11 heteroatoms. The molecule has 1 unspecified atom stereocenters. The van der Waals surface area contributed by atoms with Crippen molar-refractivity contribution in [2.24, 2.45) is 0 Å². The molecule has 0 saturated carbocycles. The van der Waals surface area contributed by atoms with E-state index in [0.717, 1.165) is 9.80 Å². The molecule has 1 atom stereocenters. The van der Waals surface area contributed by atoms with Gasteiger partial charge in [-0.3, -0.25) is 14.6 Å². The Kier molecular flexibility index (Phi) is 14.7. The summed E-state index contributed by atoms with van der Waals surface area (Å²) in [7, 11) is 2.83. The third kappa shape index (κ3) is 4.99. The number of urea groups is 1. The molecule has 1 aliphatic rings. The van der Waals surface area contributed by atoms with Gasteiger partial charge in [0.1, 0.15) is 0 Å². The van der Waals surface area contributed by atoms with Crippen LogP contribution in [0.1, 0.15) is 0 Å². The van der Waals surface area contributed by atoms with Crippen molar-refractivity contribution < 1.29 is 18.9 Å². The third-order valence-electron chi connectivity index (χ3n) is 1.56. The summed E-state index contributed by atoms with van der Waals surface area (Å²) in [5, 5.41) is 0. The number of imide groups is 1. The molecule has 1 rings (SSSR count). The Bertz CT molecular complexity index is 246. The maximum atomic E-state index is 11.1. The molecule has 16 heavy (non-hydrogen) atoms. The van der Waals surface area contributed by atoms with E-state index < -0.39 is 15.8 Å². The second kappa shape index (κ2) is 10.4. The molecule has 0 aliphatic carbocycles. The second-order valence-electron chi connectivity index (χ2n) is 2.25. The van der Waals surface area contributed by atoms with Crippen LogP contribution >= 0.6 is 51.3 Å². The van der Waals surface area contributed by atoms with E-state index in [2.05, 4.69) is 39.7 Å². The van der Waals surface area contributed by atoms with Gasteiger partial charge in [0.25, 0.3) is 9.81 Å². The van der Waals surface area contributed by atoms with Gasteiger partial charge in [-0.15, -0.1) is 0 Å². The zero-order valence-corrected chi connectivity index (χ0v) is 14.3. The SMILES string of the molecule is CN1C(=O)N(C)C(Cl)(Br)C1=O.[Ca+2].[O-]Cl.[O-]Cl. The van der Waals surface area contributed by atoms with Gasteiger partial charge in [-0.1, -0.05) is 11.6 Å². The predicted octanol–water partition coefficient (Wildman–Crippen LogP) is -0.582. The molecule has 0 radical (unpaired) electrons. The summed E-state index contributed by atoms with van der Waals surface area (Å²) in [6.45, 7) is 0. The van der Waals surface area contributed by atoms with Gasteiger partial charge in [0.15, 0.2) is 0 Å². The molecule has 0 bridgehead atoms. The van der Waals surface area contributed by atoms with Gasteiger partial charge >= 0.3 is 43.8 Å². The summed E-state index contributed by atoms with van der Waals surface area (Å²) < 4.78 is 14.1. The Hall–Kier alpha value is 1.47. The topological polar surface area (TPSA) is 86.7 Å². The fourth-order valence-corrected chi connectivity index (χ4v) is 1.39. The average molecular weight is 384 g/mol. The standard InChI is InChI=1S/C5H6BrClN2O2.Ca.2ClO/c1-8-3(10)5(6,7)9(2)4(8)11;;2*1-2/h1-2H3;;;/q;+2;2*-1. The van der Waals surface area contributed by atoms with Crippen molar-refractivity contribution in [3.8, 4) is 0 Å². The number of rotatable bonds is 0. The molecule has 6 nitrogen and oxygen atoms in total. The minimum atomic E-state index is -1.39. The summed E-state index contributed by atoms with van der Waals surface area (Å²) in [5.74, 6) is -0.466. The van der Waals surface area contributed by atoms with E-state index in [0.29, 0.717) is 0 Å². The van der Waals surface area contributed by atoms with Gasteiger partial charge in [-0.25, -0.2) is 28.5 Å². The van der Waals surface area contributed by atoms with Crippen LogP contribution in [-0.4, -0.2) is 77.5 Å². The molecule has 1 saturated heterocycles. The van der Waals surface area contributed by atoms with Gasteiger partial charge in [-0.05, 0) is 15.9 Å². The fourth-order valence-electron chi connectivity index (χ4n) is 0.777. The Balaban J connectivity index is -0.000000305. The van der Waals surface area contributed by atoms with E-state index in [4.69, 9.17) is 20.9 Å². The van der Waals surface area contributed by atoms with Crippen molar-refractivity contribution in [3.63, 3.8) is 0 Å². The number of carbonyl (C=O) groups is 2. The van der Waals surface area contributed by atoms with E-state index in [1.807, 2.05) is 0 Å². The average Bonchev–Trinajstić information content (AvgIpc) is 2.40. The van der Waals surface area contributed by atoms with Gasteiger partial charge < -0.3 is 9.32 Å². The van der Waals surface area contributed by atoms with Crippen molar-refractivity contribution in [3.05, 3.63) is 0 Å². The first-order valence-electron chi connectivity index (χ1n) is 3.13. The molecule has 3 amide bonds. The first-order valence-corrected chi connectivity index (χ1v) is 4.92. The van der Waals surface area contributed by atoms with Gasteiger partial charge in [-0.2, -0.15) is 0 Å². The minimum absolute atomic E-state index is 0. The molecule has 1 heterocycles. The Morgan fingerprint density at radius 3 is 1.56 bits per heavy atom. The number of alkyl halides is 2. The summed E-state index contributed by atoms with van der Waals surface area (Å²) in [6.07, 6.45) is 0. The zero-order chi connectivity index (χ0) is 12.8. The second-order valence-corrected chi connectivity index (χ2v) is 4.40. The monoisotopic (exact) mass is 382 g/mol. The number of carbonyl (C=O) groups excluding carboxylic acids is 2. The molecule has 90 valence electrons. The molecule has 1 fully saturated rings. The number of halogens is 4. The fraction of sp³-hybridized carbons (Fsp3) is 0.600. The maximum absolute atomic E-state index is 11.1. The molecule has 0 aromatic carbocycles. The first-order chi connectivity index (χ1) is 6.89. The van der Waals surface area contributed by atoms with Crippen LogP contribution in [0.15, 0.2) is 0 Å². The van der Waals surface area contributed by atoms with Crippen molar-refractivity contribution in [2.45, 2.75) is 3.91 Å². The van der Waals surface area contributed by atoms with Gasteiger partial charge in [0, 0.05) is 14.1 Å². The van der Waals surface area contributed by atoms with Gasteiger partial charge in [0.05, 0.1) is 0 Å². The predicted molar refractivity (Wildman–Crippen MR) is 60.9 cm³/mol. The smallest absolute Gasteiger partial charge is 0.769 e. The number of hydrogen-bond donors (Lipinski definition) is 0. The van der Waals surface area contributed by atoms with E-state index in [1.165, 1.54) is 14.1 Å². The molecular weight excluding hydrogens is 378 g/mol. The maximum Gasteiger partial charge on any atom is 2.00 e. The summed E-state index contributed by atoms with van der Waals surface area (Å²) in [6, 6.07) is -0.415. The van der Waals surface area contributed by atoms with Crippen molar-refractivity contribution in [1.29, 1.82) is 0 Å². The van der Waals surface area contributed by atoms with Crippen LogP contribution in [0.2, 0.25) is 0 Å². The van der Waals surface area contributed by atoms with Crippen LogP contribution < -0.4 is 9.32 Å². The summed E-state index contributed by atoms with van der Waals surface area (Å²) >= 11 is 15.4. The van der Waals surface area contributed by atoms with E-state index in [9.17, 15) is 9.59 Å². The normalized spacial score (nSPS) is 22.8. The first kappa shape index (κ1) is 22.6. The largest absolute Gasteiger partial charge is 2.00 e. The molecule has 0 N–H and O–H groups in total.